The van der Waals surface area contributed by atoms with Crippen molar-refractivity contribution in [3.63, 3.8) is 0 Å². The maximum Gasteiger partial charge on any atom is 0.328 e. The van der Waals surface area contributed by atoms with E-state index in [4.69, 9.17) is 0 Å². The molecule has 9 heteroatoms. The largest absolute Gasteiger partial charge is 0.393 e. The summed E-state index contributed by atoms with van der Waals surface area (Å²) in [6.07, 6.45) is 8.04. The first kappa shape index (κ1) is 22.3. The second kappa shape index (κ2) is 9.40. The first-order valence-electron chi connectivity index (χ1n) is 12.2. The molecule has 4 heterocycles. The predicted molar refractivity (Wildman–Crippen MR) is 125 cm³/mol. The number of aliphatic hydroxyl groups excluding tert-OH is 1. The van der Waals surface area contributed by atoms with Crippen LogP contribution in [0.5, 0.6) is 0 Å². The Labute approximate surface area is 194 Å². The molecular weight excluding hydrogens is 420 g/mol. The Kier molecular flexibility index (Phi) is 6.36. The number of amides is 3. The lowest BCUT2D eigenvalue weighted by Crippen LogP contribution is -2.52. The van der Waals surface area contributed by atoms with Crippen molar-refractivity contribution in [3.8, 4) is 0 Å². The van der Waals surface area contributed by atoms with Gasteiger partial charge in [-0.05, 0) is 56.2 Å². The number of piperazine rings is 1. The lowest BCUT2D eigenvalue weighted by molar-refractivity contribution is -0.120. The number of hydrogen-bond donors (Lipinski definition) is 2. The van der Waals surface area contributed by atoms with E-state index in [1.807, 2.05) is 6.20 Å². The zero-order valence-electron chi connectivity index (χ0n) is 19.3. The molecule has 0 aromatic carbocycles. The molecule has 0 radical (unpaired) electrons. The summed E-state index contributed by atoms with van der Waals surface area (Å²) in [6.45, 7) is 7.83. The van der Waals surface area contributed by atoms with Gasteiger partial charge in [0.25, 0.3) is 0 Å². The Bertz CT molecular complexity index is 1010. The number of carbonyl (C=O) groups is 2. The van der Waals surface area contributed by atoms with Gasteiger partial charge in [0.05, 0.1) is 23.5 Å². The summed E-state index contributed by atoms with van der Waals surface area (Å²) in [5, 5.41) is 16.5. The highest BCUT2D eigenvalue weighted by Crippen LogP contribution is 2.27. The number of aliphatic hydroxyl groups is 1. The topological polar surface area (TPSA) is 93.4 Å². The standard InChI is InChI=1S/C24H34N6O3/c1-17-14-27(10-11-28(17)16-18-2-4-20(31)5-3-18)15-19-6-9-30-21(12-19)22(13-25-30)29-8-7-23(32)26-24(29)33/h6,9,12-13,17-18,20,31H,2-5,7-8,10-11,14-16H2,1H3,(H,26,32,33)/t17-,18?,20?/m0/s1. The summed E-state index contributed by atoms with van der Waals surface area (Å²) in [5.74, 6) is 0.482. The van der Waals surface area contributed by atoms with Crippen LogP contribution in [0.25, 0.3) is 5.52 Å². The van der Waals surface area contributed by atoms with E-state index in [2.05, 4.69) is 39.3 Å². The van der Waals surface area contributed by atoms with Crippen LogP contribution >= 0.6 is 0 Å². The maximum absolute atomic E-state index is 12.3. The van der Waals surface area contributed by atoms with Gasteiger partial charge in [0.15, 0.2) is 0 Å². The molecule has 1 atom stereocenters. The van der Waals surface area contributed by atoms with Crippen molar-refractivity contribution in [1.82, 2.24) is 24.7 Å². The van der Waals surface area contributed by atoms with Gasteiger partial charge in [0, 0.05) is 57.9 Å². The summed E-state index contributed by atoms with van der Waals surface area (Å²) >= 11 is 0. The van der Waals surface area contributed by atoms with Gasteiger partial charge in [-0.15, -0.1) is 0 Å². The summed E-state index contributed by atoms with van der Waals surface area (Å²) in [6, 6.07) is 4.32. The minimum atomic E-state index is -0.385. The average molecular weight is 455 g/mol. The summed E-state index contributed by atoms with van der Waals surface area (Å²) in [4.78, 5) is 30.5. The number of fused-ring (bicyclic) bond motifs is 1. The van der Waals surface area contributed by atoms with Gasteiger partial charge in [-0.25, -0.2) is 9.31 Å². The number of nitrogens with one attached hydrogen (secondary N) is 1. The van der Waals surface area contributed by atoms with Crippen molar-refractivity contribution < 1.29 is 14.7 Å². The molecule has 9 nitrogen and oxygen atoms in total. The third kappa shape index (κ3) is 4.90. The molecule has 0 spiro atoms. The number of rotatable bonds is 5. The van der Waals surface area contributed by atoms with Crippen molar-refractivity contribution in [2.24, 2.45) is 5.92 Å². The van der Waals surface area contributed by atoms with Crippen LogP contribution in [0.4, 0.5) is 10.5 Å². The number of carbonyl (C=O) groups excluding carboxylic acids is 2. The summed E-state index contributed by atoms with van der Waals surface area (Å²) in [5.41, 5.74) is 2.81. The van der Waals surface area contributed by atoms with Crippen LogP contribution in [-0.2, 0) is 11.3 Å². The van der Waals surface area contributed by atoms with Crippen LogP contribution in [-0.4, -0.2) is 81.3 Å². The molecule has 2 aromatic heterocycles. The summed E-state index contributed by atoms with van der Waals surface area (Å²) in [7, 11) is 0. The van der Waals surface area contributed by atoms with Crippen molar-refractivity contribution >= 4 is 23.1 Å². The highest BCUT2D eigenvalue weighted by Gasteiger charge is 2.29. The minimum absolute atomic E-state index is 0.0871. The van der Waals surface area contributed by atoms with Crippen LogP contribution in [0, 0.1) is 5.92 Å². The van der Waals surface area contributed by atoms with Gasteiger partial charge in [-0.2, -0.15) is 5.10 Å². The fourth-order valence-corrected chi connectivity index (χ4v) is 5.51. The first-order valence-corrected chi connectivity index (χ1v) is 12.2. The minimum Gasteiger partial charge on any atom is -0.393 e. The molecule has 33 heavy (non-hydrogen) atoms. The molecule has 0 unspecified atom stereocenters. The maximum atomic E-state index is 12.3. The van der Waals surface area contributed by atoms with Gasteiger partial charge in [0.2, 0.25) is 5.91 Å². The molecule has 3 fully saturated rings. The first-order chi connectivity index (χ1) is 16.0. The van der Waals surface area contributed by atoms with E-state index in [-0.39, 0.29) is 18.0 Å². The third-order valence-electron chi connectivity index (χ3n) is 7.47. The predicted octanol–water partition coefficient (Wildman–Crippen LogP) is 1.84. The van der Waals surface area contributed by atoms with Crippen LogP contribution in [0.3, 0.4) is 0 Å². The van der Waals surface area contributed by atoms with E-state index in [9.17, 15) is 14.7 Å². The fraction of sp³-hybridized carbons (Fsp3) is 0.625. The number of anilines is 1. The molecule has 1 saturated carbocycles. The number of hydrogen-bond acceptors (Lipinski definition) is 6. The molecule has 0 bridgehead atoms. The Hall–Kier alpha value is -2.49. The lowest BCUT2D eigenvalue weighted by atomic mass is 9.87. The average Bonchev–Trinajstić information content (AvgIpc) is 3.20. The van der Waals surface area contributed by atoms with Crippen molar-refractivity contribution in [1.29, 1.82) is 0 Å². The zero-order valence-corrected chi connectivity index (χ0v) is 19.3. The number of aromatic nitrogens is 2. The second-order valence-electron chi connectivity index (χ2n) is 9.90. The Balaban J connectivity index is 1.22. The molecule has 3 aliphatic rings. The van der Waals surface area contributed by atoms with E-state index in [1.165, 1.54) is 5.56 Å². The van der Waals surface area contributed by atoms with Gasteiger partial charge in [-0.3, -0.25) is 24.8 Å². The second-order valence-corrected chi connectivity index (χ2v) is 9.90. The van der Waals surface area contributed by atoms with Crippen molar-refractivity contribution in [2.45, 2.75) is 57.7 Å². The third-order valence-corrected chi connectivity index (χ3v) is 7.47. The van der Waals surface area contributed by atoms with Crippen LogP contribution in [0.2, 0.25) is 0 Å². The monoisotopic (exact) mass is 454 g/mol. The number of urea groups is 1. The van der Waals surface area contributed by atoms with E-state index in [1.54, 1.807) is 15.6 Å². The smallest absolute Gasteiger partial charge is 0.328 e. The Morgan fingerprint density at radius 2 is 1.97 bits per heavy atom. The molecule has 2 aliphatic heterocycles. The molecule has 1 aliphatic carbocycles. The van der Waals surface area contributed by atoms with Crippen molar-refractivity contribution in [2.75, 3.05) is 37.6 Å². The van der Waals surface area contributed by atoms with E-state index < -0.39 is 0 Å². The molecule has 3 amide bonds. The highest BCUT2D eigenvalue weighted by molar-refractivity contribution is 6.07. The van der Waals surface area contributed by atoms with Crippen molar-refractivity contribution in [3.05, 3.63) is 30.1 Å². The normalized spacial score (nSPS) is 27.8. The SMILES string of the molecule is C[C@H]1CN(Cc2ccn3ncc(N4CCC(=O)NC4=O)c3c2)CCN1CC1CCC(O)CC1. The fourth-order valence-electron chi connectivity index (χ4n) is 5.51. The van der Waals surface area contributed by atoms with Gasteiger partial charge in [-0.1, -0.05) is 0 Å². The number of imide groups is 1. The molecular formula is C24H34N6O3. The number of pyridine rings is 1. The lowest BCUT2D eigenvalue weighted by Gasteiger charge is -2.42. The van der Waals surface area contributed by atoms with Gasteiger partial charge in [0.1, 0.15) is 0 Å². The molecule has 2 aromatic rings. The summed E-state index contributed by atoms with van der Waals surface area (Å²) < 4.78 is 1.78. The van der Waals surface area contributed by atoms with E-state index >= 15 is 0 Å². The molecule has 2 saturated heterocycles. The molecule has 178 valence electrons. The quantitative estimate of drug-likeness (QED) is 0.716. The van der Waals surface area contributed by atoms with E-state index in [0.717, 1.165) is 69.6 Å². The van der Waals surface area contributed by atoms with E-state index in [0.29, 0.717) is 24.9 Å². The van der Waals surface area contributed by atoms with Gasteiger partial charge < -0.3 is 5.11 Å². The Morgan fingerprint density at radius 1 is 1.15 bits per heavy atom. The zero-order chi connectivity index (χ0) is 22.9. The van der Waals surface area contributed by atoms with Gasteiger partial charge >= 0.3 is 6.03 Å². The number of nitrogens with zero attached hydrogens (tertiary/aromatic N) is 5. The Morgan fingerprint density at radius 3 is 2.73 bits per heavy atom. The van der Waals surface area contributed by atoms with Crippen LogP contribution < -0.4 is 10.2 Å². The van der Waals surface area contributed by atoms with Crippen LogP contribution in [0.1, 0.15) is 44.6 Å². The highest BCUT2D eigenvalue weighted by atomic mass is 16.3. The molecule has 2 N–H and O–H groups in total. The van der Waals surface area contributed by atoms with Crippen LogP contribution in [0.15, 0.2) is 24.5 Å². The molecule has 5 rings (SSSR count).